The molecule has 0 radical (unpaired) electrons. The highest BCUT2D eigenvalue weighted by molar-refractivity contribution is 5.72. The Bertz CT molecular complexity index is 381. The van der Waals surface area contributed by atoms with E-state index in [1.807, 2.05) is 39.3 Å². The van der Waals surface area contributed by atoms with Gasteiger partial charge in [0.1, 0.15) is 17.8 Å². The molecule has 1 aromatic rings. The van der Waals surface area contributed by atoms with Crippen molar-refractivity contribution in [2.24, 2.45) is 7.05 Å². The van der Waals surface area contributed by atoms with Crippen LogP contribution in [0.5, 0.6) is 0 Å². The molecule has 1 N–H and O–H groups in total. The number of aromatic nitrogens is 3. The molecule has 0 aromatic carbocycles. The summed E-state index contributed by atoms with van der Waals surface area (Å²) in [6.07, 6.45) is 1.63. The Hall–Kier alpha value is -1.43. The van der Waals surface area contributed by atoms with Crippen LogP contribution in [0.15, 0.2) is 6.33 Å². The first-order valence-corrected chi connectivity index (χ1v) is 5.59. The Morgan fingerprint density at radius 1 is 1.59 bits per heavy atom. The third-order valence-electron chi connectivity index (χ3n) is 2.11. The van der Waals surface area contributed by atoms with Crippen LogP contribution in [0.1, 0.15) is 39.6 Å². The molecule has 1 atom stereocenters. The number of hydrogen-bond donors (Lipinski definition) is 1. The van der Waals surface area contributed by atoms with Crippen LogP contribution in [0.2, 0.25) is 0 Å². The number of aryl methyl sites for hydroxylation is 1. The Labute approximate surface area is 101 Å². The number of nitrogens with one attached hydrogen (secondary N) is 1. The summed E-state index contributed by atoms with van der Waals surface area (Å²) in [6, 6.07) is -0.0463. The van der Waals surface area contributed by atoms with Crippen LogP contribution < -0.4 is 5.32 Å². The van der Waals surface area contributed by atoms with Crippen molar-refractivity contribution in [1.82, 2.24) is 20.1 Å². The van der Waals surface area contributed by atoms with Gasteiger partial charge in [-0.2, -0.15) is 0 Å². The molecule has 0 fully saturated rings. The SMILES string of the molecule is CC(NCC(=O)OC(C)(C)C)c1nncn1C. The molecule has 17 heavy (non-hydrogen) atoms. The Morgan fingerprint density at radius 3 is 2.71 bits per heavy atom. The zero-order chi connectivity index (χ0) is 13.1. The predicted molar refractivity (Wildman–Crippen MR) is 63.3 cm³/mol. The van der Waals surface area contributed by atoms with E-state index < -0.39 is 5.60 Å². The van der Waals surface area contributed by atoms with Crippen LogP contribution in [0, 0.1) is 0 Å². The first-order valence-electron chi connectivity index (χ1n) is 5.59. The van der Waals surface area contributed by atoms with E-state index in [0.29, 0.717) is 0 Å². The molecule has 1 aromatic heterocycles. The molecule has 0 bridgehead atoms. The minimum absolute atomic E-state index is 0.0463. The van der Waals surface area contributed by atoms with Crippen molar-refractivity contribution < 1.29 is 9.53 Å². The molecule has 1 unspecified atom stereocenters. The highest BCUT2D eigenvalue weighted by Gasteiger charge is 2.18. The zero-order valence-corrected chi connectivity index (χ0v) is 11.0. The molecule has 0 aliphatic carbocycles. The van der Waals surface area contributed by atoms with Crippen molar-refractivity contribution in [2.45, 2.75) is 39.3 Å². The lowest BCUT2D eigenvalue weighted by molar-refractivity contribution is -0.153. The Morgan fingerprint density at radius 2 is 2.24 bits per heavy atom. The maximum absolute atomic E-state index is 11.5. The summed E-state index contributed by atoms with van der Waals surface area (Å²) in [5.41, 5.74) is -0.452. The summed E-state index contributed by atoms with van der Waals surface area (Å²) >= 11 is 0. The van der Waals surface area contributed by atoms with Crippen LogP contribution in [0.4, 0.5) is 0 Å². The van der Waals surface area contributed by atoms with E-state index in [0.717, 1.165) is 5.82 Å². The second-order valence-corrected chi connectivity index (χ2v) is 4.99. The number of nitrogens with zero attached hydrogens (tertiary/aromatic N) is 3. The van der Waals surface area contributed by atoms with Gasteiger partial charge in [-0.05, 0) is 27.7 Å². The molecule has 0 amide bonds. The van der Waals surface area contributed by atoms with Gasteiger partial charge in [0, 0.05) is 7.05 Å². The van der Waals surface area contributed by atoms with Gasteiger partial charge in [0.05, 0.1) is 12.6 Å². The Kier molecular flexibility index (Phi) is 4.22. The fourth-order valence-corrected chi connectivity index (χ4v) is 1.39. The first-order chi connectivity index (χ1) is 7.79. The molecule has 1 rings (SSSR count). The molecule has 0 aliphatic heterocycles. The molecule has 0 saturated heterocycles. The molecule has 6 nitrogen and oxygen atoms in total. The van der Waals surface area contributed by atoms with Gasteiger partial charge < -0.3 is 9.30 Å². The van der Waals surface area contributed by atoms with Gasteiger partial charge >= 0.3 is 5.97 Å². The van der Waals surface area contributed by atoms with Gasteiger partial charge in [-0.3, -0.25) is 10.1 Å². The number of carbonyl (C=O) groups is 1. The minimum atomic E-state index is -0.452. The molecule has 1 heterocycles. The fourth-order valence-electron chi connectivity index (χ4n) is 1.39. The number of ether oxygens (including phenoxy) is 1. The van der Waals surface area contributed by atoms with E-state index in [1.165, 1.54) is 0 Å². The van der Waals surface area contributed by atoms with Crippen molar-refractivity contribution >= 4 is 5.97 Å². The van der Waals surface area contributed by atoms with Crippen molar-refractivity contribution in [1.29, 1.82) is 0 Å². The van der Waals surface area contributed by atoms with Gasteiger partial charge in [-0.15, -0.1) is 10.2 Å². The average molecular weight is 240 g/mol. The van der Waals surface area contributed by atoms with E-state index in [2.05, 4.69) is 15.5 Å². The summed E-state index contributed by atoms with van der Waals surface area (Å²) < 4.78 is 7.00. The molecular formula is C11H20N4O2. The average Bonchev–Trinajstić information content (AvgIpc) is 2.58. The summed E-state index contributed by atoms with van der Waals surface area (Å²) in [4.78, 5) is 11.5. The van der Waals surface area contributed by atoms with Gasteiger partial charge in [0.2, 0.25) is 0 Å². The number of esters is 1. The van der Waals surface area contributed by atoms with Crippen LogP contribution >= 0.6 is 0 Å². The van der Waals surface area contributed by atoms with Crippen LogP contribution in [0.3, 0.4) is 0 Å². The zero-order valence-electron chi connectivity index (χ0n) is 11.0. The topological polar surface area (TPSA) is 69.0 Å². The number of carbonyl (C=O) groups excluding carboxylic acids is 1. The minimum Gasteiger partial charge on any atom is -0.459 e. The second-order valence-electron chi connectivity index (χ2n) is 4.99. The highest BCUT2D eigenvalue weighted by Crippen LogP contribution is 2.09. The summed E-state index contributed by atoms with van der Waals surface area (Å²) in [7, 11) is 1.86. The lowest BCUT2D eigenvalue weighted by atomic mass is 10.2. The Balaban J connectivity index is 2.41. The maximum Gasteiger partial charge on any atom is 0.320 e. The van der Waals surface area contributed by atoms with Crippen molar-refractivity contribution in [3.8, 4) is 0 Å². The van der Waals surface area contributed by atoms with E-state index in [4.69, 9.17) is 4.74 Å². The molecular weight excluding hydrogens is 220 g/mol. The second kappa shape index (κ2) is 5.27. The molecule has 0 aliphatic rings. The highest BCUT2D eigenvalue weighted by atomic mass is 16.6. The smallest absolute Gasteiger partial charge is 0.320 e. The molecule has 6 heteroatoms. The summed E-state index contributed by atoms with van der Waals surface area (Å²) in [6.45, 7) is 7.62. The summed E-state index contributed by atoms with van der Waals surface area (Å²) in [5, 5.41) is 10.8. The van der Waals surface area contributed by atoms with Gasteiger partial charge in [-0.25, -0.2) is 0 Å². The molecule has 0 saturated carbocycles. The van der Waals surface area contributed by atoms with Gasteiger partial charge in [-0.1, -0.05) is 0 Å². The van der Waals surface area contributed by atoms with Gasteiger partial charge in [0.15, 0.2) is 0 Å². The van der Waals surface area contributed by atoms with Crippen LogP contribution in [-0.2, 0) is 16.6 Å². The molecule has 96 valence electrons. The lowest BCUT2D eigenvalue weighted by Crippen LogP contribution is -2.33. The summed E-state index contributed by atoms with van der Waals surface area (Å²) in [5.74, 6) is 0.514. The van der Waals surface area contributed by atoms with Crippen LogP contribution in [0.25, 0.3) is 0 Å². The number of rotatable bonds is 4. The van der Waals surface area contributed by atoms with Crippen molar-refractivity contribution in [3.63, 3.8) is 0 Å². The standard InChI is InChI=1S/C11H20N4O2/c1-8(10-14-13-7-15(10)5)12-6-9(16)17-11(2,3)4/h7-8,12H,6H2,1-5H3. The molecule has 0 spiro atoms. The first kappa shape index (κ1) is 13.6. The van der Waals surface area contributed by atoms with Crippen LogP contribution in [-0.4, -0.2) is 32.9 Å². The van der Waals surface area contributed by atoms with E-state index >= 15 is 0 Å². The normalized spacial score (nSPS) is 13.5. The van der Waals surface area contributed by atoms with Crippen molar-refractivity contribution in [2.75, 3.05) is 6.54 Å². The quantitative estimate of drug-likeness (QED) is 0.789. The largest absolute Gasteiger partial charge is 0.459 e. The fraction of sp³-hybridized carbons (Fsp3) is 0.727. The third-order valence-corrected chi connectivity index (χ3v) is 2.11. The van der Waals surface area contributed by atoms with Gasteiger partial charge in [0.25, 0.3) is 0 Å². The maximum atomic E-state index is 11.5. The van der Waals surface area contributed by atoms with E-state index in [-0.39, 0.29) is 18.6 Å². The lowest BCUT2D eigenvalue weighted by Gasteiger charge is -2.20. The third kappa shape index (κ3) is 4.52. The van der Waals surface area contributed by atoms with E-state index in [9.17, 15) is 4.79 Å². The number of hydrogen-bond acceptors (Lipinski definition) is 5. The van der Waals surface area contributed by atoms with Crippen molar-refractivity contribution in [3.05, 3.63) is 12.2 Å². The predicted octanol–water partition coefficient (Wildman–Crippen LogP) is 0.807. The van der Waals surface area contributed by atoms with E-state index in [1.54, 1.807) is 6.33 Å². The monoisotopic (exact) mass is 240 g/mol.